The van der Waals surface area contributed by atoms with Crippen molar-refractivity contribution in [3.05, 3.63) is 52.1 Å². The van der Waals surface area contributed by atoms with Gasteiger partial charge in [-0.2, -0.15) is 4.98 Å². The molecule has 0 aliphatic heterocycles. The van der Waals surface area contributed by atoms with Crippen LogP contribution in [0.15, 0.2) is 51.6 Å². The standard InChI is InChI=1S/C20H15BrClN3O4/c1-28-17-5-3-12(9-14(17)21)20-23-19(24-29-20)11-2-4-16-13(8-11)15(22)10-25(16)7-6-18(26)27/h2-5,8-10H,6-7H2,1H3,(H,26,27). The molecule has 2 heterocycles. The minimum Gasteiger partial charge on any atom is -0.496 e. The van der Waals surface area contributed by atoms with Crippen molar-refractivity contribution in [2.24, 2.45) is 0 Å². The number of aromatic nitrogens is 3. The summed E-state index contributed by atoms with van der Waals surface area (Å²) in [6, 6.07) is 11.1. The van der Waals surface area contributed by atoms with Crippen LogP contribution in [-0.4, -0.2) is 32.9 Å². The molecule has 0 amide bonds. The van der Waals surface area contributed by atoms with E-state index in [1.807, 2.05) is 41.0 Å². The summed E-state index contributed by atoms with van der Waals surface area (Å²) in [4.78, 5) is 15.3. The lowest BCUT2D eigenvalue weighted by Crippen LogP contribution is -2.03. The lowest BCUT2D eigenvalue weighted by molar-refractivity contribution is -0.137. The van der Waals surface area contributed by atoms with Crippen LogP contribution in [-0.2, 0) is 11.3 Å². The van der Waals surface area contributed by atoms with Crippen LogP contribution >= 0.6 is 27.5 Å². The number of methoxy groups -OCH3 is 1. The van der Waals surface area contributed by atoms with Gasteiger partial charge in [0.25, 0.3) is 5.89 Å². The van der Waals surface area contributed by atoms with Crippen LogP contribution in [0.25, 0.3) is 33.7 Å². The number of ether oxygens (including phenoxy) is 1. The Morgan fingerprint density at radius 3 is 2.79 bits per heavy atom. The summed E-state index contributed by atoms with van der Waals surface area (Å²) < 4.78 is 13.3. The second kappa shape index (κ2) is 7.88. The molecule has 0 fully saturated rings. The summed E-state index contributed by atoms with van der Waals surface area (Å²) in [5, 5.41) is 14.3. The molecule has 29 heavy (non-hydrogen) atoms. The third-order valence-corrected chi connectivity index (χ3v) is 5.40. The van der Waals surface area contributed by atoms with Crippen molar-refractivity contribution in [2.45, 2.75) is 13.0 Å². The van der Waals surface area contributed by atoms with Crippen molar-refractivity contribution < 1.29 is 19.2 Å². The molecule has 0 atom stereocenters. The Bertz CT molecular complexity index is 1220. The zero-order valence-electron chi connectivity index (χ0n) is 15.2. The average molecular weight is 477 g/mol. The van der Waals surface area contributed by atoms with Gasteiger partial charge in [-0.15, -0.1) is 0 Å². The normalized spacial score (nSPS) is 11.1. The zero-order chi connectivity index (χ0) is 20.5. The highest BCUT2D eigenvalue weighted by Gasteiger charge is 2.15. The van der Waals surface area contributed by atoms with E-state index in [4.69, 9.17) is 26.0 Å². The van der Waals surface area contributed by atoms with Gasteiger partial charge >= 0.3 is 5.97 Å². The van der Waals surface area contributed by atoms with E-state index in [2.05, 4.69) is 26.1 Å². The molecule has 0 aliphatic carbocycles. The number of fused-ring (bicyclic) bond motifs is 1. The summed E-state index contributed by atoms with van der Waals surface area (Å²) >= 11 is 9.80. The highest BCUT2D eigenvalue weighted by molar-refractivity contribution is 9.10. The Kier molecular flexibility index (Phi) is 5.29. The van der Waals surface area contributed by atoms with E-state index in [1.54, 1.807) is 13.3 Å². The van der Waals surface area contributed by atoms with Crippen LogP contribution in [0.5, 0.6) is 5.75 Å². The number of carboxylic acids is 1. The van der Waals surface area contributed by atoms with Crippen molar-refractivity contribution in [3.63, 3.8) is 0 Å². The Morgan fingerprint density at radius 1 is 1.28 bits per heavy atom. The molecule has 2 aromatic heterocycles. The van der Waals surface area contributed by atoms with E-state index in [9.17, 15) is 4.79 Å². The van der Waals surface area contributed by atoms with Gasteiger partial charge < -0.3 is 18.9 Å². The smallest absolute Gasteiger partial charge is 0.305 e. The Hall–Kier alpha value is -2.84. The van der Waals surface area contributed by atoms with Crippen molar-refractivity contribution in [1.82, 2.24) is 14.7 Å². The predicted molar refractivity (Wildman–Crippen MR) is 112 cm³/mol. The number of aliphatic carboxylic acids is 1. The Labute approximate surface area is 179 Å². The largest absolute Gasteiger partial charge is 0.496 e. The van der Waals surface area contributed by atoms with Crippen LogP contribution in [0.4, 0.5) is 0 Å². The first-order valence-electron chi connectivity index (χ1n) is 8.64. The third kappa shape index (κ3) is 3.86. The van der Waals surface area contributed by atoms with Crippen LogP contribution in [0.2, 0.25) is 5.02 Å². The average Bonchev–Trinajstić information content (AvgIpc) is 3.31. The van der Waals surface area contributed by atoms with Crippen molar-refractivity contribution in [2.75, 3.05) is 7.11 Å². The SMILES string of the molecule is COc1ccc(-c2nc(-c3ccc4c(c3)c(Cl)cn4CCC(=O)O)no2)cc1Br. The summed E-state index contributed by atoms with van der Waals surface area (Å²) in [5.41, 5.74) is 2.36. The minimum absolute atomic E-state index is 0.0213. The number of halogens is 2. The summed E-state index contributed by atoms with van der Waals surface area (Å²) in [6.07, 6.45) is 1.75. The number of rotatable bonds is 6. The van der Waals surface area contributed by atoms with Crippen molar-refractivity contribution in [1.29, 1.82) is 0 Å². The van der Waals surface area contributed by atoms with E-state index in [0.717, 1.165) is 26.5 Å². The quantitative estimate of drug-likeness (QED) is 0.408. The van der Waals surface area contributed by atoms with E-state index < -0.39 is 5.97 Å². The van der Waals surface area contributed by atoms with Crippen molar-refractivity contribution in [3.8, 4) is 28.6 Å². The van der Waals surface area contributed by atoms with E-state index >= 15 is 0 Å². The van der Waals surface area contributed by atoms with Gasteiger partial charge in [-0.05, 0) is 52.3 Å². The maximum atomic E-state index is 10.8. The topological polar surface area (TPSA) is 90.4 Å². The van der Waals surface area contributed by atoms with Gasteiger partial charge in [-0.1, -0.05) is 16.8 Å². The number of hydrogen-bond acceptors (Lipinski definition) is 5. The zero-order valence-corrected chi connectivity index (χ0v) is 17.6. The highest BCUT2D eigenvalue weighted by Crippen LogP contribution is 2.33. The molecule has 148 valence electrons. The fourth-order valence-corrected chi connectivity index (χ4v) is 3.86. The van der Waals surface area contributed by atoms with Crippen LogP contribution < -0.4 is 4.74 Å². The molecule has 4 rings (SSSR count). The van der Waals surface area contributed by atoms with Gasteiger partial charge in [0.2, 0.25) is 5.82 Å². The lowest BCUT2D eigenvalue weighted by Gasteiger charge is -2.03. The second-order valence-electron chi connectivity index (χ2n) is 6.32. The van der Waals surface area contributed by atoms with E-state index in [-0.39, 0.29) is 6.42 Å². The maximum Gasteiger partial charge on any atom is 0.305 e. The first kappa shape index (κ1) is 19.5. The highest BCUT2D eigenvalue weighted by atomic mass is 79.9. The van der Waals surface area contributed by atoms with Gasteiger partial charge in [-0.25, -0.2) is 0 Å². The summed E-state index contributed by atoms with van der Waals surface area (Å²) in [5.74, 6) is 0.668. The van der Waals surface area contributed by atoms with Gasteiger partial charge in [0, 0.05) is 34.8 Å². The number of carbonyl (C=O) groups is 1. The molecule has 0 radical (unpaired) electrons. The van der Waals surface area contributed by atoms with Crippen molar-refractivity contribution >= 4 is 44.4 Å². The molecule has 1 N–H and O–H groups in total. The Balaban J connectivity index is 1.66. The number of aryl methyl sites for hydroxylation is 1. The van der Waals surface area contributed by atoms with Gasteiger partial charge in [-0.3, -0.25) is 4.79 Å². The van der Waals surface area contributed by atoms with Crippen LogP contribution in [0.1, 0.15) is 6.42 Å². The first-order valence-corrected chi connectivity index (χ1v) is 9.81. The Morgan fingerprint density at radius 2 is 2.07 bits per heavy atom. The molecule has 4 aromatic rings. The molecule has 0 spiro atoms. The number of carboxylic acid groups (broad SMARTS) is 1. The maximum absolute atomic E-state index is 10.8. The molecule has 2 aromatic carbocycles. The van der Waals surface area contributed by atoms with Crippen LogP contribution in [0, 0.1) is 0 Å². The number of hydrogen-bond donors (Lipinski definition) is 1. The summed E-state index contributed by atoms with van der Waals surface area (Å²) in [7, 11) is 1.60. The fourth-order valence-electron chi connectivity index (χ4n) is 3.05. The van der Waals surface area contributed by atoms with Gasteiger partial charge in [0.1, 0.15) is 5.75 Å². The first-order chi connectivity index (χ1) is 14.0. The molecule has 9 heteroatoms. The molecule has 0 aliphatic rings. The molecule has 0 unspecified atom stereocenters. The van der Waals surface area contributed by atoms with Gasteiger partial charge in [0.15, 0.2) is 0 Å². The van der Waals surface area contributed by atoms with Gasteiger partial charge in [0.05, 0.1) is 23.0 Å². The fraction of sp³-hybridized carbons (Fsp3) is 0.150. The van der Waals surface area contributed by atoms with E-state index in [0.29, 0.717) is 29.0 Å². The summed E-state index contributed by atoms with van der Waals surface area (Å²) in [6.45, 7) is 0.344. The lowest BCUT2D eigenvalue weighted by atomic mass is 10.1. The van der Waals surface area contributed by atoms with Crippen LogP contribution in [0.3, 0.4) is 0 Å². The minimum atomic E-state index is -0.857. The monoisotopic (exact) mass is 475 g/mol. The number of nitrogens with zero attached hydrogens (tertiary/aromatic N) is 3. The second-order valence-corrected chi connectivity index (χ2v) is 7.58. The predicted octanol–water partition coefficient (Wildman–Crippen LogP) is 5.26. The molecule has 0 bridgehead atoms. The molecule has 7 nitrogen and oxygen atoms in total. The molecular formula is C20H15BrClN3O4. The molecular weight excluding hydrogens is 462 g/mol. The molecule has 0 saturated heterocycles. The molecule has 0 saturated carbocycles. The third-order valence-electron chi connectivity index (χ3n) is 4.48. The van der Waals surface area contributed by atoms with E-state index in [1.165, 1.54) is 0 Å². The number of benzene rings is 2.